The average Bonchev–Trinajstić information content (AvgIpc) is 2.72. The summed E-state index contributed by atoms with van der Waals surface area (Å²) in [5.41, 5.74) is 3.43. The minimum absolute atomic E-state index is 0.121. The number of aromatic nitrogens is 2. The molecule has 0 aliphatic carbocycles. The quantitative estimate of drug-likeness (QED) is 0.554. The van der Waals surface area contributed by atoms with Crippen molar-refractivity contribution in [2.24, 2.45) is 0 Å². The molecular weight excluding hydrogens is 352 g/mol. The van der Waals surface area contributed by atoms with Gasteiger partial charge in [0.1, 0.15) is 0 Å². The fraction of sp³-hybridized carbons (Fsp3) is 0.261. The van der Waals surface area contributed by atoms with E-state index in [2.05, 4.69) is 5.10 Å². The van der Waals surface area contributed by atoms with Crippen molar-refractivity contribution >= 4 is 5.97 Å². The highest BCUT2D eigenvalue weighted by molar-refractivity contribution is 5.80. The van der Waals surface area contributed by atoms with E-state index in [1.165, 1.54) is 4.68 Å². The highest BCUT2D eigenvalue weighted by Gasteiger charge is 2.12. The predicted octanol–water partition coefficient (Wildman–Crippen LogP) is 4.61. The molecule has 0 amide bonds. The standard InChI is InChI=1S/C23H24N2O3/c26-21-17-20(18-11-5-3-6-12-18)23(19-13-7-4-8-14-19)24-25(21)16-10-2-1-9-15-22(27)28/h3-8,11-14,17H,1-2,9-10,15-16H2,(H,27,28). The Kier molecular flexibility index (Phi) is 6.73. The van der Waals surface area contributed by atoms with Crippen LogP contribution >= 0.6 is 0 Å². The number of carboxylic acids is 1. The van der Waals surface area contributed by atoms with E-state index >= 15 is 0 Å². The molecule has 5 nitrogen and oxygen atoms in total. The Balaban J connectivity index is 1.83. The van der Waals surface area contributed by atoms with Crippen molar-refractivity contribution in [3.63, 3.8) is 0 Å². The predicted molar refractivity (Wildman–Crippen MR) is 110 cm³/mol. The van der Waals surface area contributed by atoms with E-state index in [1.807, 2.05) is 60.7 Å². The van der Waals surface area contributed by atoms with Gasteiger partial charge in [-0.2, -0.15) is 5.10 Å². The van der Waals surface area contributed by atoms with Gasteiger partial charge in [-0.3, -0.25) is 9.59 Å². The zero-order chi connectivity index (χ0) is 19.8. The lowest BCUT2D eigenvalue weighted by Crippen LogP contribution is -2.23. The fourth-order valence-corrected chi connectivity index (χ4v) is 3.19. The molecule has 1 aromatic heterocycles. The van der Waals surface area contributed by atoms with Gasteiger partial charge in [-0.15, -0.1) is 0 Å². The first-order valence-corrected chi connectivity index (χ1v) is 9.60. The molecule has 0 aliphatic rings. The lowest BCUT2D eigenvalue weighted by Gasteiger charge is -2.12. The maximum absolute atomic E-state index is 12.6. The van der Waals surface area contributed by atoms with Crippen LogP contribution in [-0.2, 0) is 11.3 Å². The first kappa shape index (κ1) is 19.5. The van der Waals surface area contributed by atoms with Crippen molar-refractivity contribution in [3.8, 4) is 22.4 Å². The molecular formula is C23H24N2O3. The van der Waals surface area contributed by atoms with Crippen LogP contribution < -0.4 is 5.56 Å². The smallest absolute Gasteiger partial charge is 0.303 e. The van der Waals surface area contributed by atoms with Gasteiger partial charge < -0.3 is 5.11 Å². The van der Waals surface area contributed by atoms with Gasteiger partial charge >= 0.3 is 5.97 Å². The lowest BCUT2D eigenvalue weighted by molar-refractivity contribution is -0.137. The topological polar surface area (TPSA) is 72.2 Å². The number of hydrogen-bond acceptors (Lipinski definition) is 3. The number of benzene rings is 2. The Labute approximate surface area is 164 Å². The Hall–Kier alpha value is -3.21. The van der Waals surface area contributed by atoms with Crippen LogP contribution in [0.3, 0.4) is 0 Å². The normalized spacial score (nSPS) is 10.7. The maximum Gasteiger partial charge on any atom is 0.303 e. The number of hydrogen-bond donors (Lipinski definition) is 1. The SMILES string of the molecule is O=C(O)CCCCCCn1nc(-c2ccccc2)c(-c2ccccc2)cc1=O. The van der Waals surface area contributed by atoms with E-state index in [4.69, 9.17) is 5.11 Å². The van der Waals surface area contributed by atoms with Gasteiger partial charge in [-0.25, -0.2) is 4.68 Å². The molecule has 0 bridgehead atoms. The molecule has 2 aromatic carbocycles. The van der Waals surface area contributed by atoms with E-state index in [1.54, 1.807) is 6.07 Å². The van der Waals surface area contributed by atoms with Crippen LogP contribution in [0.1, 0.15) is 32.1 Å². The van der Waals surface area contributed by atoms with Crippen LogP contribution in [0.4, 0.5) is 0 Å². The summed E-state index contributed by atoms with van der Waals surface area (Å²) in [6.07, 6.45) is 3.38. The summed E-state index contributed by atoms with van der Waals surface area (Å²) in [5, 5.41) is 13.4. The van der Waals surface area contributed by atoms with Gasteiger partial charge in [0.2, 0.25) is 0 Å². The molecule has 3 aromatic rings. The lowest BCUT2D eigenvalue weighted by atomic mass is 10.0. The van der Waals surface area contributed by atoms with Gasteiger partial charge in [-0.1, -0.05) is 73.5 Å². The summed E-state index contributed by atoms with van der Waals surface area (Å²) in [4.78, 5) is 23.2. The molecule has 28 heavy (non-hydrogen) atoms. The molecule has 0 saturated heterocycles. The fourth-order valence-electron chi connectivity index (χ4n) is 3.19. The molecule has 0 aliphatic heterocycles. The molecule has 0 unspecified atom stereocenters. The first-order valence-electron chi connectivity index (χ1n) is 9.60. The highest BCUT2D eigenvalue weighted by atomic mass is 16.4. The number of carbonyl (C=O) groups is 1. The minimum atomic E-state index is -0.762. The molecule has 0 atom stereocenters. The summed E-state index contributed by atoms with van der Waals surface area (Å²) < 4.78 is 1.52. The molecule has 1 N–H and O–H groups in total. The second kappa shape index (κ2) is 9.65. The van der Waals surface area contributed by atoms with Crippen LogP contribution in [0.5, 0.6) is 0 Å². The van der Waals surface area contributed by atoms with E-state index < -0.39 is 5.97 Å². The Morgan fingerprint density at radius 1 is 0.857 bits per heavy atom. The van der Waals surface area contributed by atoms with Crippen LogP contribution in [0, 0.1) is 0 Å². The molecule has 1 heterocycles. The molecule has 5 heteroatoms. The summed E-state index contributed by atoms with van der Waals surface area (Å²) >= 11 is 0. The van der Waals surface area contributed by atoms with E-state index in [0.717, 1.165) is 41.6 Å². The Bertz CT molecular complexity index is 966. The first-order chi connectivity index (χ1) is 13.6. The zero-order valence-corrected chi connectivity index (χ0v) is 15.8. The average molecular weight is 376 g/mol. The second-order valence-corrected chi connectivity index (χ2v) is 6.76. The second-order valence-electron chi connectivity index (χ2n) is 6.76. The third-order valence-corrected chi connectivity index (χ3v) is 4.64. The van der Waals surface area contributed by atoms with E-state index in [9.17, 15) is 9.59 Å². The molecule has 0 saturated carbocycles. The number of rotatable bonds is 9. The van der Waals surface area contributed by atoms with Crippen LogP contribution in [0.15, 0.2) is 71.5 Å². The Morgan fingerprint density at radius 2 is 1.46 bits per heavy atom. The number of unbranched alkanes of at least 4 members (excludes halogenated alkanes) is 3. The van der Waals surface area contributed by atoms with Gasteiger partial charge in [0.15, 0.2) is 0 Å². The minimum Gasteiger partial charge on any atom is -0.481 e. The van der Waals surface area contributed by atoms with Crippen LogP contribution in [-0.4, -0.2) is 20.9 Å². The summed E-state index contributed by atoms with van der Waals surface area (Å²) in [6.45, 7) is 0.529. The van der Waals surface area contributed by atoms with Crippen molar-refractivity contribution in [1.82, 2.24) is 9.78 Å². The summed E-state index contributed by atoms with van der Waals surface area (Å²) in [6, 6.07) is 21.3. The summed E-state index contributed by atoms with van der Waals surface area (Å²) in [7, 11) is 0. The number of aryl methyl sites for hydroxylation is 1. The molecule has 0 radical (unpaired) electrons. The van der Waals surface area contributed by atoms with E-state index in [0.29, 0.717) is 13.0 Å². The van der Waals surface area contributed by atoms with Crippen LogP contribution in [0.25, 0.3) is 22.4 Å². The number of carboxylic acid groups (broad SMARTS) is 1. The van der Waals surface area contributed by atoms with Crippen molar-refractivity contribution in [2.45, 2.75) is 38.6 Å². The van der Waals surface area contributed by atoms with Crippen molar-refractivity contribution in [1.29, 1.82) is 0 Å². The van der Waals surface area contributed by atoms with Gasteiger partial charge in [-0.05, 0) is 18.4 Å². The van der Waals surface area contributed by atoms with Crippen molar-refractivity contribution < 1.29 is 9.90 Å². The van der Waals surface area contributed by atoms with Gasteiger partial charge in [0.05, 0.1) is 5.69 Å². The zero-order valence-electron chi connectivity index (χ0n) is 15.8. The number of nitrogens with zero attached hydrogens (tertiary/aromatic N) is 2. The third kappa shape index (κ3) is 5.16. The van der Waals surface area contributed by atoms with Crippen molar-refractivity contribution in [3.05, 3.63) is 77.1 Å². The maximum atomic E-state index is 12.6. The largest absolute Gasteiger partial charge is 0.481 e. The third-order valence-electron chi connectivity index (χ3n) is 4.64. The molecule has 0 spiro atoms. The number of aliphatic carboxylic acids is 1. The van der Waals surface area contributed by atoms with Crippen molar-refractivity contribution in [2.75, 3.05) is 0 Å². The Morgan fingerprint density at radius 3 is 2.11 bits per heavy atom. The van der Waals surface area contributed by atoms with Crippen LogP contribution in [0.2, 0.25) is 0 Å². The van der Waals surface area contributed by atoms with Gasteiger partial charge in [0, 0.05) is 30.2 Å². The van der Waals surface area contributed by atoms with E-state index in [-0.39, 0.29) is 12.0 Å². The monoisotopic (exact) mass is 376 g/mol. The summed E-state index contributed by atoms with van der Waals surface area (Å²) in [5.74, 6) is -0.762. The highest BCUT2D eigenvalue weighted by Crippen LogP contribution is 2.28. The van der Waals surface area contributed by atoms with Gasteiger partial charge in [0.25, 0.3) is 5.56 Å². The molecule has 0 fully saturated rings. The molecule has 144 valence electrons. The molecule has 3 rings (SSSR count).